The zero-order valence-electron chi connectivity index (χ0n) is 17.6. The van der Waals surface area contributed by atoms with Gasteiger partial charge in [-0.3, -0.25) is 0 Å². The smallest absolute Gasteiger partial charge is 0.100 e. The second-order valence-electron chi connectivity index (χ2n) is 7.91. The third kappa shape index (κ3) is 10.2. The Morgan fingerprint density at radius 2 is 0.880 bits per heavy atom. The van der Waals surface area contributed by atoms with Crippen LogP contribution in [0.3, 0.4) is 0 Å². The lowest BCUT2D eigenvalue weighted by molar-refractivity contribution is 0.144. The molecule has 2 heteroatoms. The molecule has 148 valence electrons. The molecule has 0 bridgehead atoms. The second kappa shape index (κ2) is 15.6. The Morgan fingerprint density at radius 1 is 0.520 bits per heavy atom. The van der Waals surface area contributed by atoms with E-state index < -0.39 is 0 Å². The van der Waals surface area contributed by atoms with E-state index in [1.807, 2.05) is 0 Å². The lowest BCUT2D eigenvalue weighted by atomic mass is 10.1. The first kappa shape index (κ1) is 22.4. The van der Waals surface area contributed by atoms with Gasteiger partial charge in [-0.1, -0.05) is 97.8 Å². The topological polar surface area (TPSA) is 6.48 Å². The van der Waals surface area contributed by atoms with E-state index in [1.54, 1.807) is 0 Å². The molecular formula is C23H46N2. The van der Waals surface area contributed by atoms with Crippen molar-refractivity contribution in [2.45, 2.75) is 123 Å². The van der Waals surface area contributed by atoms with Crippen LogP contribution in [0.15, 0.2) is 12.4 Å². The normalized spacial score (nSPS) is 17.0. The summed E-state index contributed by atoms with van der Waals surface area (Å²) in [4.78, 5) is 5.18. The molecule has 1 unspecified atom stereocenters. The van der Waals surface area contributed by atoms with E-state index in [0.717, 1.165) is 0 Å². The minimum atomic E-state index is 0.625. The molecule has 0 aromatic heterocycles. The summed E-state index contributed by atoms with van der Waals surface area (Å²) in [6.07, 6.45) is 26.2. The molecule has 1 atom stereocenters. The standard InChI is InChI=1S/C23H46N2/c1-4-7-9-11-13-14-16-18-20-25-22-21-24(23(25)6-3)19-17-15-12-10-8-5-2/h21-23H,4-20H2,1-3H3. The lowest BCUT2D eigenvalue weighted by Gasteiger charge is -2.32. The Balaban J connectivity index is 2.07. The Hall–Kier alpha value is -0.660. The summed E-state index contributed by atoms with van der Waals surface area (Å²) in [5.74, 6) is 0. The van der Waals surface area contributed by atoms with Gasteiger partial charge in [0.05, 0.1) is 0 Å². The van der Waals surface area contributed by atoms with Crippen LogP contribution in [-0.2, 0) is 0 Å². The van der Waals surface area contributed by atoms with Crippen molar-refractivity contribution in [1.82, 2.24) is 9.80 Å². The van der Waals surface area contributed by atoms with Crippen molar-refractivity contribution in [2.75, 3.05) is 13.1 Å². The van der Waals surface area contributed by atoms with Crippen molar-refractivity contribution in [3.8, 4) is 0 Å². The van der Waals surface area contributed by atoms with E-state index in [2.05, 4.69) is 43.0 Å². The van der Waals surface area contributed by atoms with E-state index >= 15 is 0 Å². The SMILES string of the molecule is CCCCCCCCCCN1C=CN(CCCCCCCC)C1CC. The van der Waals surface area contributed by atoms with Crippen molar-refractivity contribution in [3.05, 3.63) is 12.4 Å². The molecule has 0 N–H and O–H groups in total. The summed E-state index contributed by atoms with van der Waals surface area (Å²) in [7, 11) is 0. The molecule has 1 aliphatic heterocycles. The molecular weight excluding hydrogens is 304 g/mol. The predicted octanol–water partition coefficient (Wildman–Crippen LogP) is 7.31. The van der Waals surface area contributed by atoms with E-state index in [1.165, 1.54) is 109 Å². The van der Waals surface area contributed by atoms with Gasteiger partial charge in [-0.25, -0.2) is 0 Å². The van der Waals surface area contributed by atoms with E-state index in [4.69, 9.17) is 0 Å². The van der Waals surface area contributed by atoms with Crippen LogP contribution in [0.25, 0.3) is 0 Å². The van der Waals surface area contributed by atoms with E-state index in [0.29, 0.717) is 6.17 Å². The highest BCUT2D eigenvalue weighted by molar-refractivity contribution is 4.96. The molecule has 0 aromatic carbocycles. The zero-order valence-corrected chi connectivity index (χ0v) is 17.6. The van der Waals surface area contributed by atoms with Gasteiger partial charge < -0.3 is 9.80 Å². The molecule has 0 amide bonds. The molecule has 0 saturated heterocycles. The van der Waals surface area contributed by atoms with Gasteiger partial charge in [0.1, 0.15) is 6.17 Å². The number of hydrogen-bond acceptors (Lipinski definition) is 2. The molecule has 1 heterocycles. The van der Waals surface area contributed by atoms with Gasteiger partial charge in [0.2, 0.25) is 0 Å². The third-order valence-corrected chi connectivity index (χ3v) is 5.62. The molecule has 0 spiro atoms. The van der Waals surface area contributed by atoms with Crippen molar-refractivity contribution < 1.29 is 0 Å². The summed E-state index contributed by atoms with van der Waals surface area (Å²) in [5.41, 5.74) is 0. The fraction of sp³-hybridized carbons (Fsp3) is 0.913. The first-order chi connectivity index (χ1) is 12.3. The Kier molecular flexibility index (Phi) is 14.0. The molecule has 2 nitrogen and oxygen atoms in total. The highest BCUT2D eigenvalue weighted by atomic mass is 15.4. The Labute approximate surface area is 159 Å². The van der Waals surface area contributed by atoms with Gasteiger partial charge >= 0.3 is 0 Å². The van der Waals surface area contributed by atoms with Crippen molar-refractivity contribution in [2.24, 2.45) is 0 Å². The number of hydrogen-bond donors (Lipinski definition) is 0. The second-order valence-corrected chi connectivity index (χ2v) is 7.91. The maximum Gasteiger partial charge on any atom is 0.100 e. The molecule has 0 aliphatic carbocycles. The van der Waals surface area contributed by atoms with Gasteiger partial charge in [0.15, 0.2) is 0 Å². The van der Waals surface area contributed by atoms with Crippen LogP contribution in [-0.4, -0.2) is 29.1 Å². The minimum Gasteiger partial charge on any atom is -0.356 e. The summed E-state index contributed by atoms with van der Waals surface area (Å²) < 4.78 is 0. The van der Waals surface area contributed by atoms with Crippen LogP contribution in [0.2, 0.25) is 0 Å². The third-order valence-electron chi connectivity index (χ3n) is 5.62. The average Bonchev–Trinajstić information content (AvgIpc) is 3.02. The summed E-state index contributed by atoms with van der Waals surface area (Å²) in [6, 6.07) is 0. The van der Waals surface area contributed by atoms with Crippen molar-refractivity contribution in [3.63, 3.8) is 0 Å². The molecule has 1 rings (SSSR count). The van der Waals surface area contributed by atoms with Crippen LogP contribution < -0.4 is 0 Å². The monoisotopic (exact) mass is 350 g/mol. The van der Waals surface area contributed by atoms with Gasteiger partial charge in [-0.2, -0.15) is 0 Å². The fourth-order valence-electron chi connectivity index (χ4n) is 3.98. The predicted molar refractivity (Wildman–Crippen MR) is 113 cm³/mol. The van der Waals surface area contributed by atoms with Crippen molar-refractivity contribution >= 4 is 0 Å². The lowest BCUT2D eigenvalue weighted by Crippen LogP contribution is -2.38. The van der Waals surface area contributed by atoms with Crippen LogP contribution in [0.1, 0.15) is 117 Å². The first-order valence-electron chi connectivity index (χ1n) is 11.5. The highest BCUT2D eigenvalue weighted by Gasteiger charge is 2.23. The van der Waals surface area contributed by atoms with Crippen LogP contribution in [0.4, 0.5) is 0 Å². The first-order valence-corrected chi connectivity index (χ1v) is 11.5. The van der Waals surface area contributed by atoms with Gasteiger partial charge in [-0.15, -0.1) is 0 Å². The Morgan fingerprint density at radius 3 is 1.24 bits per heavy atom. The number of rotatable bonds is 17. The quantitative estimate of drug-likeness (QED) is 0.254. The zero-order chi connectivity index (χ0) is 18.2. The van der Waals surface area contributed by atoms with Crippen molar-refractivity contribution in [1.29, 1.82) is 0 Å². The van der Waals surface area contributed by atoms with Crippen LogP contribution in [0, 0.1) is 0 Å². The van der Waals surface area contributed by atoms with Gasteiger partial charge in [-0.05, 0) is 19.3 Å². The molecule has 1 aliphatic rings. The summed E-state index contributed by atoms with van der Waals surface area (Å²) in [5, 5.41) is 0. The molecule has 25 heavy (non-hydrogen) atoms. The number of nitrogens with zero attached hydrogens (tertiary/aromatic N) is 2. The Bertz CT molecular complexity index is 313. The van der Waals surface area contributed by atoms with Crippen LogP contribution in [0.5, 0.6) is 0 Å². The van der Waals surface area contributed by atoms with E-state index in [9.17, 15) is 0 Å². The minimum absolute atomic E-state index is 0.625. The number of unbranched alkanes of at least 4 members (excludes halogenated alkanes) is 12. The molecule has 0 saturated carbocycles. The maximum atomic E-state index is 2.59. The molecule has 0 fully saturated rings. The average molecular weight is 351 g/mol. The summed E-state index contributed by atoms with van der Waals surface area (Å²) >= 11 is 0. The maximum absolute atomic E-state index is 2.59. The summed E-state index contributed by atoms with van der Waals surface area (Å²) in [6.45, 7) is 9.42. The highest BCUT2D eigenvalue weighted by Crippen LogP contribution is 2.21. The van der Waals surface area contributed by atoms with E-state index in [-0.39, 0.29) is 0 Å². The molecule has 0 aromatic rings. The largest absolute Gasteiger partial charge is 0.356 e. The fourth-order valence-corrected chi connectivity index (χ4v) is 3.98. The van der Waals surface area contributed by atoms with Gasteiger partial charge in [0.25, 0.3) is 0 Å². The molecule has 0 radical (unpaired) electrons. The van der Waals surface area contributed by atoms with Crippen LogP contribution >= 0.6 is 0 Å². The van der Waals surface area contributed by atoms with Gasteiger partial charge in [0, 0.05) is 25.5 Å².